The Labute approximate surface area is 160 Å². The van der Waals surface area contributed by atoms with Crippen molar-refractivity contribution in [2.24, 2.45) is 0 Å². The molecule has 0 saturated heterocycles. The first-order valence-electron chi connectivity index (χ1n) is 8.49. The molecule has 0 radical (unpaired) electrons. The SMILES string of the molecule is COc1ccc(-c2ncc(-c3ccc4c(c3)Sc3ccccc3O4)o2)cc1. The number of rotatable bonds is 3. The van der Waals surface area contributed by atoms with Crippen LogP contribution in [0.4, 0.5) is 0 Å². The molecular weight excluding hydrogens is 358 g/mol. The Balaban J connectivity index is 1.45. The van der Waals surface area contributed by atoms with Crippen LogP contribution in [0.25, 0.3) is 22.8 Å². The summed E-state index contributed by atoms with van der Waals surface area (Å²) in [5, 5.41) is 0. The number of ether oxygens (including phenoxy) is 2. The summed E-state index contributed by atoms with van der Waals surface area (Å²) in [6.45, 7) is 0. The lowest BCUT2D eigenvalue weighted by atomic mass is 10.2. The van der Waals surface area contributed by atoms with Crippen molar-refractivity contribution >= 4 is 11.8 Å². The van der Waals surface area contributed by atoms with Crippen molar-refractivity contribution < 1.29 is 13.9 Å². The van der Waals surface area contributed by atoms with E-state index in [0.717, 1.165) is 43.9 Å². The summed E-state index contributed by atoms with van der Waals surface area (Å²) < 4.78 is 17.2. The van der Waals surface area contributed by atoms with Gasteiger partial charge in [-0.15, -0.1) is 0 Å². The van der Waals surface area contributed by atoms with Crippen LogP contribution in [0.15, 0.2) is 87.1 Å². The number of oxazole rings is 1. The van der Waals surface area contributed by atoms with E-state index in [4.69, 9.17) is 13.9 Å². The molecule has 5 heteroatoms. The van der Waals surface area contributed by atoms with Gasteiger partial charge in [-0.3, -0.25) is 0 Å². The first-order chi connectivity index (χ1) is 13.3. The second-order valence-electron chi connectivity index (χ2n) is 6.07. The Bertz CT molecular complexity index is 1120. The van der Waals surface area contributed by atoms with Gasteiger partial charge >= 0.3 is 0 Å². The third kappa shape index (κ3) is 2.96. The molecule has 0 aliphatic carbocycles. The maximum Gasteiger partial charge on any atom is 0.226 e. The van der Waals surface area contributed by atoms with Crippen LogP contribution in [0.3, 0.4) is 0 Å². The highest BCUT2D eigenvalue weighted by atomic mass is 32.2. The summed E-state index contributed by atoms with van der Waals surface area (Å²) in [5.74, 6) is 3.86. The molecule has 4 aromatic rings. The number of hydrogen-bond donors (Lipinski definition) is 0. The molecular formula is C22H15NO3S. The standard InChI is InChI=1S/C22H15NO3S/c1-24-16-9-6-14(7-10-16)22-23-13-19(26-22)15-8-11-18-21(12-15)27-20-5-3-2-4-17(20)25-18/h2-13H,1H3. The molecule has 4 nitrogen and oxygen atoms in total. The van der Waals surface area contributed by atoms with E-state index in [2.05, 4.69) is 17.1 Å². The maximum atomic E-state index is 5.99. The van der Waals surface area contributed by atoms with Crippen LogP contribution in [-0.4, -0.2) is 12.1 Å². The van der Waals surface area contributed by atoms with Gasteiger partial charge in [0.1, 0.15) is 17.2 Å². The lowest BCUT2D eigenvalue weighted by Gasteiger charge is -2.19. The molecule has 0 spiro atoms. The molecule has 1 aliphatic rings. The van der Waals surface area contributed by atoms with Gasteiger partial charge in [0.15, 0.2) is 5.76 Å². The van der Waals surface area contributed by atoms with Gasteiger partial charge in [-0.1, -0.05) is 23.9 Å². The molecule has 0 saturated carbocycles. The molecule has 0 atom stereocenters. The van der Waals surface area contributed by atoms with Crippen LogP contribution >= 0.6 is 11.8 Å². The number of hydrogen-bond acceptors (Lipinski definition) is 5. The average molecular weight is 373 g/mol. The number of aromatic nitrogens is 1. The molecule has 132 valence electrons. The van der Waals surface area contributed by atoms with E-state index in [9.17, 15) is 0 Å². The minimum Gasteiger partial charge on any atom is -0.497 e. The van der Waals surface area contributed by atoms with Gasteiger partial charge in [0.25, 0.3) is 0 Å². The molecule has 0 amide bonds. The Morgan fingerprint density at radius 1 is 0.852 bits per heavy atom. The molecule has 0 unspecified atom stereocenters. The third-order valence-corrected chi connectivity index (χ3v) is 5.46. The van der Waals surface area contributed by atoms with Gasteiger partial charge in [-0.2, -0.15) is 0 Å². The summed E-state index contributed by atoms with van der Waals surface area (Å²) >= 11 is 1.70. The maximum absolute atomic E-state index is 5.99. The van der Waals surface area contributed by atoms with Crippen molar-refractivity contribution in [3.8, 4) is 40.0 Å². The topological polar surface area (TPSA) is 44.5 Å². The van der Waals surface area contributed by atoms with E-state index in [-0.39, 0.29) is 0 Å². The lowest BCUT2D eigenvalue weighted by molar-refractivity contribution is 0.415. The van der Waals surface area contributed by atoms with Gasteiger partial charge in [0.05, 0.1) is 23.1 Å². The van der Waals surface area contributed by atoms with Crippen LogP contribution in [0.1, 0.15) is 0 Å². The highest BCUT2D eigenvalue weighted by Crippen LogP contribution is 2.47. The fourth-order valence-electron chi connectivity index (χ4n) is 2.96. The second-order valence-corrected chi connectivity index (χ2v) is 7.15. The van der Waals surface area contributed by atoms with Crippen molar-refractivity contribution in [3.63, 3.8) is 0 Å². The minimum atomic E-state index is 0.583. The van der Waals surface area contributed by atoms with Crippen molar-refractivity contribution in [3.05, 3.63) is 72.9 Å². The zero-order valence-electron chi connectivity index (χ0n) is 14.5. The fraction of sp³-hybridized carbons (Fsp3) is 0.0455. The molecule has 3 aromatic carbocycles. The zero-order valence-corrected chi connectivity index (χ0v) is 15.3. The van der Waals surface area contributed by atoms with E-state index < -0.39 is 0 Å². The molecule has 2 heterocycles. The Hall–Kier alpha value is -3.18. The van der Waals surface area contributed by atoms with Crippen LogP contribution in [0, 0.1) is 0 Å². The summed E-state index contributed by atoms with van der Waals surface area (Å²) in [5.41, 5.74) is 1.88. The number of fused-ring (bicyclic) bond motifs is 2. The smallest absolute Gasteiger partial charge is 0.226 e. The molecule has 1 aromatic heterocycles. The summed E-state index contributed by atoms with van der Waals surface area (Å²) in [7, 11) is 1.65. The first kappa shape index (κ1) is 16.0. The van der Waals surface area contributed by atoms with E-state index in [0.29, 0.717) is 5.89 Å². The van der Waals surface area contributed by atoms with Crippen molar-refractivity contribution in [1.82, 2.24) is 4.98 Å². The second kappa shape index (κ2) is 6.52. The van der Waals surface area contributed by atoms with E-state index in [1.165, 1.54) is 0 Å². The largest absolute Gasteiger partial charge is 0.497 e. The van der Waals surface area contributed by atoms with Crippen LogP contribution in [0.2, 0.25) is 0 Å². The van der Waals surface area contributed by atoms with E-state index in [1.807, 2.05) is 54.6 Å². The summed E-state index contributed by atoms with van der Waals surface area (Å²) in [6, 6.07) is 21.7. The van der Waals surface area contributed by atoms with Crippen molar-refractivity contribution in [2.75, 3.05) is 7.11 Å². The van der Waals surface area contributed by atoms with Crippen molar-refractivity contribution in [1.29, 1.82) is 0 Å². The van der Waals surface area contributed by atoms with Gasteiger partial charge in [-0.25, -0.2) is 4.98 Å². The first-order valence-corrected chi connectivity index (χ1v) is 9.31. The number of nitrogens with zero attached hydrogens (tertiary/aromatic N) is 1. The van der Waals surface area contributed by atoms with Crippen LogP contribution in [-0.2, 0) is 0 Å². The third-order valence-electron chi connectivity index (χ3n) is 4.36. The summed E-state index contributed by atoms with van der Waals surface area (Å²) in [4.78, 5) is 6.59. The molecule has 27 heavy (non-hydrogen) atoms. The highest BCUT2D eigenvalue weighted by Gasteiger charge is 2.19. The Morgan fingerprint density at radius 3 is 2.48 bits per heavy atom. The zero-order chi connectivity index (χ0) is 18.2. The predicted molar refractivity (Wildman–Crippen MR) is 105 cm³/mol. The molecule has 5 rings (SSSR count). The van der Waals surface area contributed by atoms with Gasteiger partial charge in [0.2, 0.25) is 5.89 Å². The highest BCUT2D eigenvalue weighted by molar-refractivity contribution is 7.99. The van der Waals surface area contributed by atoms with Gasteiger partial charge < -0.3 is 13.9 Å². The molecule has 0 fully saturated rings. The minimum absolute atomic E-state index is 0.583. The Morgan fingerprint density at radius 2 is 1.63 bits per heavy atom. The number of benzene rings is 3. The Kier molecular flexibility index (Phi) is 3.87. The predicted octanol–water partition coefficient (Wildman–Crippen LogP) is 6.27. The van der Waals surface area contributed by atoms with Crippen molar-refractivity contribution in [2.45, 2.75) is 9.79 Å². The van der Waals surface area contributed by atoms with E-state index >= 15 is 0 Å². The normalized spacial score (nSPS) is 12.0. The van der Waals surface area contributed by atoms with Crippen LogP contribution in [0.5, 0.6) is 17.2 Å². The van der Waals surface area contributed by atoms with Gasteiger partial charge in [-0.05, 0) is 54.6 Å². The van der Waals surface area contributed by atoms with E-state index in [1.54, 1.807) is 25.1 Å². The lowest BCUT2D eigenvalue weighted by Crippen LogP contribution is -1.94. The number of para-hydroxylation sites is 1. The quantitative estimate of drug-likeness (QED) is 0.373. The molecule has 0 bridgehead atoms. The summed E-state index contributed by atoms with van der Waals surface area (Å²) in [6.07, 6.45) is 1.75. The fourth-order valence-corrected chi connectivity index (χ4v) is 3.95. The molecule has 1 aliphatic heterocycles. The monoisotopic (exact) mass is 373 g/mol. The van der Waals surface area contributed by atoms with Crippen LogP contribution < -0.4 is 9.47 Å². The molecule has 0 N–H and O–H groups in total. The van der Waals surface area contributed by atoms with Gasteiger partial charge in [0, 0.05) is 11.1 Å². The number of methoxy groups -OCH3 is 1. The average Bonchev–Trinajstić information content (AvgIpc) is 3.22.